The fraction of sp³-hybridized carbons (Fsp3) is 0.667. The first kappa shape index (κ1) is 16.1. The van der Waals surface area contributed by atoms with Crippen molar-refractivity contribution in [1.82, 2.24) is 15.1 Å². The van der Waals surface area contributed by atoms with Crippen molar-refractivity contribution < 1.29 is 14.8 Å². The van der Waals surface area contributed by atoms with Crippen LogP contribution in [0.5, 0.6) is 0 Å². The van der Waals surface area contributed by atoms with Crippen LogP contribution in [0.25, 0.3) is 0 Å². The molecule has 2 N–H and O–H groups in total. The highest BCUT2D eigenvalue weighted by Gasteiger charge is 2.17. The number of hydrogen-bond acceptors (Lipinski definition) is 5. The number of carbonyl (C=O) groups is 1. The van der Waals surface area contributed by atoms with E-state index in [1.807, 2.05) is 13.8 Å². The van der Waals surface area contributed by atoms with Gasteiger partial charge in [0, 0.05) is 6.54 Å². The average Bonchev–Trinajstić information content (AvgIpc) is 2.86. The number of hydrogen-bond donors (Lipinski definition) is 2. The molecule has 8 nitrogen and oxygen atoms in total. The monoisotopic (exact) mass is 284 g/mol. The summed E-state index contributed by atoms with van der Waals surface area (Å²) in [5, 5.41) is 26.6. The lowest BCUT2D eigenvalue weighted by molar-refractivity contribution is -0.389. The third-order valence-corrected chi connectivity index (χ3v) is 3.22. The van der Waals surface area contributed by atoms with Crippen LogP contribution in [0, 0.1) is 16.0 Å². The molecule has 0 spiro atoms. The van der Waals surface area contributed by atoms with Gasteiger partial charge in [-0.05, 0) is 10.8 Å². The van der Waals surface area contributed by atoms with Gasteiger partial charge in [-0.15, -0.1) is 0 Å². The van der Waals surface area contributed by atoms with Gasteiger partial charge in [0.25, 0.3) is 0 Å². The summed E-state index contributed by atoms with van der Waals surface area (Å²) >= 11 is 0. The molecular weight excluding hydrogens is 264 g/mol. The second-order valence-corrected chi connectivity index (χ2v) is 4.58. The van der Waals surface area contributed by atoms with E-state index in [1.54, 1.807) is 0 Å². The standard InChI is InChI=1S/C12H20N4O4/c1-3-9(4-2)10(17)7-13-12(18)8-15-6-5-11(14-15)16(19)20/h5-6,9-10,17H,3-4,7-8H2,1-2H3,(H,13,18). The van der Waals surface area contributed by atoms with Crippen molar-refractivity contribution >= 4 is 11.7 Å². The Kier molecular flexibility index (Phi) is 6.10. The summed E-state index contributed by atoms with van der Waals surface area (Å²) in [6.07, 6.45) is 2.48. The third-order valence-electron chi connectivity index (χ3n) is 3.22. The van der Waals surface area contributed by atoms with Gasteiger partial charge in [0.1, 0.15) is 6.54 Å². The van der Waals surface area contributed by atoms with Crippen LogP contribution in [0.15, 0.2) is 12.3 Å². The maximum Gasteiger partial charge on any atom is 0.389 e. The summed E-state index contributed by atoms with van der Waals surface area (Å²) in [6.45, 7) is 4.04. The molecule has 0 radical (unpaired) electrons. The maximum atomic E-state index is 11.6. The molecule has 0 bridgehead atoms. The Morgan fingerprint density at radius 2 is 2.20 bits per heavy atom. The zero-order valence-electron chi connectivity index (χ0n) is 11.7. The lowest BCUT2D eigenvalue weighted by atomic mass is 9.96. The van der Waals surface area contributed by atoms with Crippen molar-refractivity contribution in [2.75, 3.05) is 6.54 Å². The fourth-order valence-electron chi connectivity index (χ4n) is 1.96. The maximum absolute atomic E-state index is 11.6. The summed E-state index contributed by atoms with van der Waals surface area (Å²) in [6, 6.07) is 1.23. The molecule has 1 aromatic rings. The first-order valence-electron chi connectivity index (χ1n) is 6.60. The normalized spacial score (nSPS) is 12.4. The van der Waals surface area contributed by atoms with Gasteiger partial charge in [0.2, 0.25) is 5.91 Å². The molecule has 1 amide bonds. The number of carbonyl (C=O) groups excluding carboxylic acids is 1. The highest BCUT2D eigenvalue weighted by Crippen LogP contribution is 2.12. The van der Waals surface area contributed by atoms with Gasteiger partial charge >= 0.3 is 5.82 Å². The molecule has 20 heavy (non-hydrogen) atoms. The highest BCUT2D eigenvalue weighted by molar-refractivity contribution is 5.75. The Bertz CT molecular complexity index is 456. The highest BCUT2D eigenvalue weighted by atomic mass is 16.6. The molecule has 112 valence electrons. The van der Waals surface area contributed by atoms with Gasteiger partial charge in [-0.2, -0.15) is 4.68 Å². The number of aliphatic hydroxyl groups excluding tert-OH is 1. The molecule has 0 aliphatic rings. The van der Waals surface area contributed by atoms with Crippen LogP contribution in [0.2, 0.25) is 0 Å². The molecule has 1 heterocycles. The van der Waals surface area contributed by atoms with Crippen molar-refractivity contribution in [3.05, 3.63) is 22.4 Å². The fourth-order valence-corrected chi connectivity index (χ4v) is 1.96. The molecule has 0 aliphatic heterocycles. The van der Waals surface area contributed by atoms with E-state index in [9.17, 15) is 20.0 Å². The molecule has 8 heteroatoms. The number of nitrogens with one attached hydrogen (secondary N) is 1. The number of amides is 1. The van der Waals surface area contributed by atoms with E-state index in [1.165, 1.54) is 16.9 Å². The Morgan fingerprint density at radius 1 is 1.55 bits per heavy atom. The van der Waals surface area contributed by atoms with Crippen molar-refractivity contribution in [2.45, 2.75) is 39.3 Å². The molecule has 0 saturated heterocycles. The SMILES string of the molecule is CCC(CC)C(O)CNC(=O)Cn1ccc([N+](=O)[O-])n1. The lowest BCUT2D eigenvalue weighted by Crippen LogP contribution is -2.37. The Hall–Kier alpha value is -1.96. The van der Waals surface area contributed by atoms with Gasteiger partial charge in [0.15, 0.2) is 0 Å². The predicted molar refractivity (Wildman–Crippen MR) is 72.0 cm³/mol. The van der Waals surface area contributed by atoms with Crippen LogP contribution in [-0.2, 0) is 11.3 Å². The van der Waals surface area contributed by atoms with Gasteiger partial charge < -0.3 is 20.5 Å². The zero-order chi connectivity index (χ0) is 15.1. The molecule has 1 aromatic heterocycles. The molecular formula is C12H20N4O4. The van der Waals surface area contributed by atoms with Crippen LogP contribution in [-0.4, -0.2) is 38.4 Å². The first-order chi connectivity index (χ1) is 9.47. The molecule has 1 rings (SSSR count). The molecule has 0 aromatic carbocycles. The topological polar surface area (TPSA) is 110 Å². The summed E-state index contributed by atoms with van der Waals surface area (Å²) in [5.74, 6) is -0.482. The quantitative estimate of drug-likeness (QED) is 0.539. The summed E-state index contributed by atoms with van der Waals surface area (Å²) in [4.78, 5) is 21.5. The minimum atomic E-state index is -0.620. The van der Waals surface area contributed by atoms with Crippen molar-refractivity contribution in [1.29, 1.82) is 0 Å². The van der Waals surface area contributed by atoms with Crippen molar-refractivity contribution in [2.24, 2.45) is 5.92 Å². The van der Waals surface area contributed by atoms with Crippen LogP contribution in [0.3, 0.4) is 0 Å². The van der Waals surface area contributed by atoms with E-state index in [0.29, 0.717) is 0 Å². The Balaban J connectivity index is 2.41. The first-order valence-corrected chi connectivity index (χ1v) is 6.60. The van der Waals surface area contributed by atoms with Gasteiger partial charge in [-0.1, -0.05) is 26.7 Å². The Morgan fingerprint density at radius 3 is 2.70 bits per heavy atom. The number of aliphatic hydroxyl groups is 1. The largest absolute Gasteiger partial charge is 0.391 e. The molecule has 0 saturated carbocycles. The van der Waals surface area contributed by atoms with Crippen molar-refractivity contribution in [3.63, 3.8) is 0 Å². The van der Waals surface area contributed by atoms with Crippen molar-refractivity contribution in [3.8, 4) is 0 Å². The lowest BCUT2D eigenvalue weighted by Gasteiger charge is -2.20. The van der Waals surface area contributed by atoms with Crippen LogP contribution in [0.1, 0.15) is 26.7 Å². The second-order valence-electron chi connectivity index (χ2n) is 4.58. The van der Waals surface area contributed by atoms with Crippen LogP contribution < -0.4 is 5.32 Å². The molecule has 0 aliphatic carbocycles. The number of nitrogens with zero attached hydrogens (tertiary/aromatic N) is 3. The van der Waals surface area contributed by atoms with E-state index in [-0.39, 0.29) is 30.7 Å². The van der Waals surface area contributed by atoms with Gasteiger partial charge in [-0.3, -0.25) is 4.79 Å². The van der Waals surface area contributed by atoms with Gasteiger partial charge in [0.05, 0.1) is 23.5 Å². The van der Waals surface area contributed by atoms with Gasteiger partial charge in [-0.25, -0.2) is 0 Å². The smallest absolute Gasteiger partial charge is 0.389 e. The predicted octanol–water partition coefficient (Wildman–Crippen LogP) is 0.705. The van der Waals surface area contributed by atoms with Crippen LogP contribution >= 0.6 is 0 Å². The Labute approximate surface area is 116 Å². The van der Waals surface area contributed by atoms with E-state index in [4.69, 9.17) is 0 Å². The van der Waals surface area contributed by atoms with E-state index in [0.717, 1.165) is 12.8 Å². The summed E-state index contributed by atoms with van der Waals surface area (Å²) in [5.41, 5.74) is 0. The summed E-state index contributed by atoms with van der Waals surface area (Å²) in [7, 11) is 0. The summed E-state index contributed by atoms with van der Waals surface area (Å²) < 4.78 is 1.19. The molecule has 1 unspecified atom stereocenters. The number of rotatable bonds is 8. The third kappa shape index (κ3) is 4.61. The van der Waals surface area contributed by atoms with E-state index in [2.05, 4.69) is 10.4 Å². The van der Waals surface area contributed by atoms with E-state index < -0.39 is 11.0 Å². The average molecular weight is 284 g/mol. The minimum Gasteiger partial charge on any atom is -0.391 e. The van der Waals surface area contributed by atoms with Crippen LogP contribution in [0.4, 0.5) is 5.82 Å². The second kappa shape index (κ2) is 7.59. The van der Waals surface area contributed by atoms with E-state index >= 15 is 0 Å². The minimum absolute atomic E-state index is 0.108. The number of nitro groups is 1. The molecule has 0 fully saturated rings. The number of aromatic nitrogens is 2. The zero-order valence-corrected chi connectivity index (χ0v) is 11.7. The molecule has 1 atom stereocenters.